The maximum Gasteiger partial charge on any atom is 0.319 e. The molecule has 6 nitrogen and oxygen atoms in total. The Labute approximate surface area is 139 Å². The molecule has 0 saturated carbocycles. The summed E-state index contributed by atoms with van der Waals surface area (Å²) in [5.74, 6) is 0.583. The molecule has 130 valence electrons. The molecule has 0 spiro atoms. The maximum atomic E-state index is 13.7. The first-order valence-corrected chi connectivity index (χ1v) is 7.58. The van der Waals surface area contributed by atoms with Crippen LogP contribution in [0, 0.1) is 12.7 Å². The molecule has 1 aromatic carbocycles. The Morgan fingerprint density at radius 3 is 2.71 bits per heavy atom. The molecule has 0 aliphatic heterocycles. The second-order valence-electron chi connectivity index (χ2n) is 5.57. The molecule has 0 aliphatic rings. The largest absolute Gasteiger partial charge is 0.491 e. The van der Waals surface area contributed by atoms with E-state index >= 15 is 0 Å². The average molecular weight is 336 g/mol. The van der Waals surface area contributed by atoms with Gasteiger partial charge < -0.3 is 24.9 Å². The lowest BCUT2D eigenvalue weighted by Crippen LogP contribution is -2.40. The number of aryl methyl sites for hydroxylation is 1. The Kier molecular flexibility index (Phi) is 5.46. The van der Waals surface area contributed by atoms with Crippen molar-refractivity contribution in [1.82, 2.24) is 5.32 Å². The SMILES string of the molecule is CCOc1ccc(NC(=O)NCC(C)(O)c2ccc(C)o2)cc1F. The summed E-state index contributed by atoms with van der Waals surface area (Å²) in [6, 6.07) is 6.95. The molecule has 0 fully saturated rings. The Morgan fingerprint density at radius 1 is 1.38 bits per heavy atom. The van der Waals surface area contributed by atoms with Crippen LogP contribution in [0.1, 0.15) is 25.4 Å². The van der Waals surface area contributed by atoms with E-state index in [0.717, 1.165) is 0 Å². The second-order valence-corrected chi connectivity index (χ2v) is 5.57. The number of rotatable bonds is 6. The predicted octanol–water partition coefficient (Wildman–Crippen LogP) is 3.16. The van der Waals surface area contributed by atoms with Gasteiger partial charge in [-0.3, -0.25) is 0 Å². The number of furan rings is 1. The van der Waals surface area contributed by atoms with Crippen molar-refractivity contribution in [2.75, 3.05) is 18.5 Å². The van der Waals surface area contributed by atoms with E-state index in [9.17, 15) is 14.3 Å². The van der Waals surface area contributed by atoms with Gasteiger partial charge in [0.15, 0.2) is 11.6 Å². The van der Waals surface area contributed by atoms with Crippen LogP contribution in [0.15, 0.2) is 34.7 Å². The summed E-state index contributed by atoms with van der Waals surface area (Å²) < 4.78 is 24.2. The fourth-order valence-electron chi connectivity index (χ4n) is 2.09. The molecule has 0 saturated heterocycles. The first-order valence-electron chi connectivity index (χ1n) is 7.58. The number of hydrogen-bond donors (Lipinski definition) is 3. The first kappa shape index (κ1) is 17.8. The molecule has 3 N–H and O–H groups in total. The number of aliphatic hydroxyl groups is 1. The molecular weight excluding hydrogens is 315 g/mol. The molecule has 1 aromatic heterocycles. The normalized spacial score (nSPS) is 13.2. The van der Waals surface area contributed by atoms with Gasteiger partial charge in [-0.25, -0.2) is 9.18 Å². The summed E-state index contributed by atoms with van der Waals surface area (Å²) in [5.41, 5.74) is -1.07. The minimum absolute atomic E-state index is 0.0642. The van der Waals surface area contributed by atoms with E-state index in [4.69, 9.17) is 9.15 Å². The number of urea groups is 1. The lowest BCUT2D eigenvalue weighted by Gasteiger charge is -2.21. The molecule has 1 unspecified atom stereocenters. The van der Waals surface area contributed by atoms with Crippen molar-refractivity contribution in [1.29, 1.82) is 0 Å². The molecule has 1 atom stereocenters. The van der Waals surface area contributed by atoms with Crippen LogP contribution in [0.25, 0.3) is 0 Å². The Morgan fingerprint density at radius 2 is 2.12 bits per heavy atom. The van der Waals surface area contributed by atoms with Crippen molar-refractivity contribution in [2.45, 2.75) is 26.4 Å². The van der Waals surface area contributed by atoms with Crippen molar-refractivity contribution in [3.63, 3.8) is 0 Å². The summed E-state index contributed by atoms with van der Waals surface area (Å²) in [6.07, 6.45) is 0. The van der Waals surface area contributed by atoms with Crippen LogP contribution in [0.4, 0.5) is 14.9 Å². The molecule has 2 aromatic rings. The fraction of sp³-hybridized carbons (Fsp3) is 0.353. The topological polar surface area (TPSA) is 83.7 Å². The zero-order valence-corrected chi connectivity index (χ0v) is 13.9. The summed E-state index contributed by atoms with van der Waals surface area (Å²) in [4.78, 5) is 11.9. The minimum atomic E-state index is -1.35. The molecule has 7 heteroatoms. The van der Waals surface area contributed by atoms with Crippen molar-refractivity contribution >= 4 is 11.7 Å². The molecule has 0 aliphatic carbocycles. The number of carbonyl (C=O) groups is 1. The van der Waals surface area contributed by atoms with Gasteiger partial charge >= 0.3 is 6.03 Å². The summed E-state index contributed by atoms with van der Waals surface area (Å²) in [7, 11) is 0. The molecule has 0 radical (unpaired) electrons. The summed E-state index contributed by atoms with van der Waals surface area (Å²) in [5, 5.41) is 15.4. The monoisotopic (exact) mass is 336 g/mol. The van der Waals surface area contributed by atoms with E-state index in [1.54, 1.807) is 26.0 Å². The van der Waals surface area contributed by atoms with Gasteiger partial charge in [-0.2, -0.15) is 0 Å². The number of hydrogen-bond acceptors (Lipinski definition) is 4. The summed E-state index contributed by atoms with van der Waals surface area (Å²) >= 11 is 0. The van der Waals surface area contributed by atoms with Crippen LogP contribution >= 0.6 is 0 Å². The lowest BCUT2D eigenvalue weighted by molar-refractivity contribution is 0.0364. The maximum absolute atomic E-state index is 13.7. The van der Waals surface area contributed by atoms with E-state index in [2.05, 4.69) is 10.6 Å². The Bertz CT molecular complexity index is 712. The van der Waals surface area contributed by atoms with E-state index in [1.165, 1.54) is 25.1 Å². The predicted molar refractivity (Wildman–Crippen MR) is 87.6 cm³/mol. The van der Waals surface area contributed by atoms with E-state index in [1.807, 2.05) is 0 Å². The van der Waals surface area contributed by atoms with Crippen molar-refractivity contribution in [3.05, 3.63) is 47.7 Å². The van der Waals surface area contributed by atoms with E-state index in [-0.39, 0.29) is 18.0 Å². The number of carbonyl (C=O) groups excluding carboxylic acids is 1. The van der Waals surface area contributed by atoms with Gasteiger partial charge in [0.2, 0.25) is 0 Å². The van der Waals surface area contributed by atoms with Gasteiger partial charge in [0.05, 0.1) is 13.2 Å². The van der Waals surface area contributed by atoms with Crippen LogP contribution in [-0.2, 0) is 5.60 Å². The molecule has 2 rings (SSSR count). The highest BCUT2D eigenvalue weighted by Crippen LogP contribution is 2.23. The number of benzene rings is 1. The van der Waals surface area contributed by atoms with Gasteiger partial charge in [-0.15, -0.1) is 0 Å². The van der Waals surface area contributed by atoms with Crippen LogP contribution in [0.5, 0.6) is 5.75 Å². The lowest BCUT2D eigenvalue weighted by atomic mass is 10.0. The minimum Gasteiger partial charge on any atom is -0.491 e. The van der Waals surface area contributed by atoms with Crippen LogP contribution < -0.4 is 15.4 Å². The van der Waals surface area contributed by atoms with Crippen molar-refractivity contribution in [3.8, 4) is 5.75 Å². The third kappa shape index (κ3) is 4.48. The standard InChI is InChI=1S/C17H21FN2O4/c1-4-23-14-7-6-12(9-13(14)18)20-16(21)19-10-17(3,22)15-8-5-11(2)24-15/h5-9,22H,4,10H2,1-3H3,(H2,19,20,21). The van der Waals surface area contributed by atoms with Crippen molar-refractivity contribution < 1.29 is 23.4 Å². The molecular formula is C17H21FN2O4. The summed E-state index contributed by atoms with van der Waals surface area (Å²) in [6.45, 7) is 5.34. The second kappa shape index (κ2) is 7.35. The van der Waals surface area contributed by atoms with Gasteiger partial charge in [0.25, 0.3) is 0 Å². The first-order chi connectivity index (χ1) is 11.3. The quantitative estimate of drug-likeness (QED) is 0.756. The zero-order chi connectivity index (χ0) is 17.7. The van der Waals surface area contributed by atoms with E-state index < -0.39 is 17.4 Å². The highest BCUT2D eigenvalue weighted by atomic mass is 19.1. The molecule has 2 amide bonds. The molecule has 1 heterocycles. The number of ether oxygens (including phenoxy) is 1. The highest BCUT2D eigenvalue weighted by Gasteiger charge is 2.27. The van der Waals surface area contributed by atoms with Gasteiger partial charge in [0.1, 0.15) is 17.1 Å². The van der Waals surface area contributed by atoms with Crippen LogP contribution in [0.2, 0.25) is 0 Å². The zero-order valence-electron chi connectivity index (χ0n) is 13.9. The molecule has 24 heavy (non-hydrogen) atoms. The van der Waals surface area contributed by atoms with Crippen molar-refractivity contribution in [2.24, 2.45) is 0 Å². The highest BCUT2D eigenvalue weighted by molar-refractivity contribution is 5.89. The number of halogens is 1. The van der Waals surface area contributed by atoms with Gasteiger partial charge in [-0.1, -0.05) is 0 Å². The number of anilines is 1. The van der Waals surface area contributed by atoms with Gasteiger partial charge in [0, 0.05) is 11.8 Å². The average Bonchev–Trinajstić information content (AvgIpc) is 2.96. The Hall–Kier alpha value is -2.54. The smallest absolute Gasteiger partial charge is 0.319 e. The van der Waals surface area contributed by atoms with Gasteiger partial charge in [-0.05, 0) is 45.0 Å². The number of nitrogens with one attached hydrogen (secondary N) is 2. The third-order valence-electron chi connectivity index (χ3n) is 3.35. The number of amides is 2. The Balaban J connectivity index is 1.92. The fourth-order valence-corrected chi connectivity index (χ4v) is 2.09. The van der Waals surface area contributed by atoms with Crippen LogP contribution in [-0.4, -0.2) is 24.3 Å². The molecule has 0 bridgehead atoms. The van der Waals surface area contributed by atoms with E-state index in [0.29, 0.717) is 18.1 Å². The van der Waals surface area contributed by atoms with Crippen LogP contribution in [0.3, 0.4) is 0 Å². The third-order valence-corrected chi connectivity index (χ3v) is 3.35.